The Hall–Kier alpha value is -2.90. The summed E-state index contributed by atoms with van der Waals surface area (Å²) in [6.07, 6.45) is 10.9. The van der Waals surface area contributed by atoms with E-state index in [1.54, 1.807) is 30.1 Å². The summed E-state index contributed by atoms with van der Waals surface area (Å²) in [4.78, 5) is 17.7. The number of hydrogen-bond acceptors (Lipinski definition) is 4. The maximum absolute atomic E-state index is 13.9. The Morgan fingerprint density at radius 3 is 2.75 bits per heavy atom. The van der Waals surface area contributed by atoms with Crippen LogP contribution in [0.4, 0.5) is 13.6 Å². The third-order valence-electron chi connectivity index (χ3n) is 4.56. The Labute approximate surface area is 163 Å². The smallest absolute Gasteiger partial charge is 0.348 e. The van der Waals surface area contributed by atoms with Crippen molar-refractivity contribution in [1.29, 1.82) is 0 Å². The predicted octanol–water partition coefficient (Wildman–Crippen LogP) is 3.85. The lowest BCUT2D eigenvalue weighted by molar-refractivity contribution is 0.249. The second kappa shape index (κ2) is 9.87. The highest BCUT2D eigenvalue weighted by atomic mass is 19.2. The van der Waals surface area contributed by atoms with Crippen LogP contribution in [0.3, 0.4) is 0 Å². The average Bonchev–Trinajstić information content (AvgIpc) is 2.65. The van der Waals surface area contributed by atoms with E-state index >= 15 is 0 Å². The van der Waals surface area contributed by atoms with E-state index in [-0.39, 0.29) is 42.7 Å². The van der Waals surface area contributed by atoms with Crippen LogP contribution in [0.1, 0.15) is 20.8 Å². The van der Waals surface area contributed by atoms with Gasteiger partial charge in [0.15, 0.2) is 11.7 Å². The number of guanidine groups is 1. The Morgan fingerprint density at radius 1 is 1.36 bits per heavy atom. The highest BCUT2D eigenvalue weighted by Gasteiger charge is 2.29. The molecule has 0 spiro atoms. The Bertz CT molecular complexity index is 768. The third kappa shape index (κ3) is 5.55. The molecule has 1 heterocycles. The Morgan fingerprint density at radius 2 is 2.07 bits per heavy atom. The number of carbonyl (C=O) groups is 1. The molecule has 0 radical (unpaired) electrons. The highest BCUT2D eigenvalue weighted by molar-refractivity contribution is 5.93. The van der Waals surface area contributed by atoms with Crippen LogP contribution in [-0.2, 0) is 0 Å². The van der Waals surface area contributed by atoms with Gasteiger partial charge in [-0.05, 0) is 45.1 Å². The van der Waals surface area contributed by atoms with E-state index in [4.69, 9.17) is 0 Å². The molecule has 152 valence electrons. The number of aliphatic hydroxyl groups is 1. The minimum atomic E-state index is -0.892. The molecule has 3 atom stereocenters. The molecule has 8 heteroatoms. The standard InChI is InChI=1S/C20H26F2N4O2/c1-4-6-14-9-17(21)18(22)10-15(14)12-26-13(3)7-8-23-20(28)25-19(26)24-11-16(27)5-2/h4-10,13-15,27H,11-12H2,1-3H3,(H2,23,24,25,28)/b6-4+,8-7-,16-5+. The summed E-state index contributed by atoms with van der Waals surface area (Å²) in [5.41, 5.74) is 0. The van der Waals surface area contributed by atoms with E-state index in [2.05, 4.69) is 15.6 Å². The van der Waals surface area contributed by atoms with Crippen LogP contribution in [-0.4, -0.2) is 41.1 Å². The number of aliphatic imine (C=N–C) groups is 1. The van der Waals surface area contributed by atoms with Crippen molar-refractivity contribution in [3.05, 3.63) is 60.1 Å². The van der Waals surface area contributed by atoms with Crippen molar-refractivity contribution in [3.63, 3.8) is 0 Å². The third-order valence-corrected chi connectivity index (χ3v) is 4.56. The van der Waals surface area contributed by atoms with Crippen LogP contribution in [0.15, 0.2) is 65.1 Å². The van der Waals surface area contributed by atoms with E-state index < -0.39 is 17.7 Å². The van der Waals surface area contributed by atoms with Gasteiger partial charge in [0.05, 0.1) is 6.54 Å². The van der Waals surface area contributed by atoms with Gasteiger partial charge < -0.3 is 20.6 Å². The number of rotatable bonds is 5. The van der Waals surface area contributed by atoms with Crippen molar-refractivity contribution >= 4 is 12.0 Å². The van der Waals surface area contributed by atoms with Crippen LogP contribution >= 0.6 is 0 Å². The fourth-order valence-electron chi connectivity index (χ4n) is 2.99. The van der Waals surface area contributed by atoms with E-state index in [1.165, 1.54) is 24.4 Å². The number of nitrogens with one attached hydrogen (secondary N) is 2. The number of aliphatic hydroxyl groups excluding tert-OH is 1. The van der Waals surface area contributed by atoms with Crippen LogP contribution in [0.2, 0.25) is 0 Å². The average molecular weight is 392 g/mol. The lowest BCUT2D eigenvalue weighted by Crippen LogP contribution is -2.50. The van der Waals surface area contributed by atoms with Gasteiger partial charge in [-0.3, -0.25) is 0 Å². The second-order valence-corrected chi connectivity index (χ2v) is 6.57. The highest BCUT2D eigenvalue weighted by Crippen LogP contribution is 2.31. The normalized spacial score (nSPS) is 29.2. The van der Waals surface area contributed by atoms with Gasteiger partial charge >= 0.3 is 6.03 Å². The van der Waals surface area contributed by atoms with Gasteiger partial charge in [0.25, 0.3) is 0 Å². The first-order chi connectivity index (χ1) is 13.3. The monoisotopic (exact) mass is 392 g/mol. The number of nitrogens with zero attached hydrogens (tertiary/aromatic N) is 2. The van der Waals surface area contributed by atoms with Gasteiger partial charge in [-0.15, -0.1) is 0 Å². The first-order valence-corrected chi connectivity index (χ1v) is 9.14. The fraction of sp³-hybridized carbons (Fsp3) is 0.400. The second-order valence-electron chi connectivity index (χ2n) is 6.57. The molecule has 0 aromatic carbocycles. The number of amides is 2. The Balaban J connectivity index is 2.32. The quantitative estimate of drug-likeness (QED) is 0.491. The topological polar surface area (TPSA) is 77.0 Å². The molecule has 2 rings (SSSR count). The van der Waals surface area contributed by atoms with Gasteiger partial charge in [0.1, 0.15) is 5.76 Å². The summed E-state index contributed by atoms with van der Waals surface area (Å²) < 4.78 is 27.6. The molecular weight excluding hydrogens is 366 g/mol. The summed E-state index contributed by atoms with van der Waals surface area (Å²) >= 11 is 0. The van der Waals surface area contributed by atoms with Gasteiger partial charge in [0.2, 0.25) is 5.96 Å². The van der Waals surface area contributed by atoms with E-state index in [0.717, 1.165) is 0 Å². The number of allylic oxidation sites excluding steroid dienone is 6. The molecule has 6 nitrogen and oxygen atoms in total. The van der Waals surface area contributed by atoms with Crippen molar-refractivity contribution < 1.29 is 18.7 Å². The first-order valence-electron chi connectivity index (χ1n) is 9.14. The van der Waals surface area contributed by atoms with Crippen LogP contribution in [0.25, 0.3) is 0 Å². The minimum absolute atomic E-state index is 0.0806. The molecule has 28 heavy (non-hydrogen) atoms. The zero-order valence-corrected chi connectivity index (χ0v) is 16.2. The number of carbonyl (C=O) groups excluding carboxylic acids is 1. The molecule has 0 saturated heterocycles. The molecule has 1 aliphatic heterocycles. The summed E-state index contributed by atoms with van der Waals surface area (Å²) in [7, 11) is 0. The van der Waals surface area contributed by atoms with Crippen LogP contribution in [0.5, 0.6) is 0 Å². The molecule has 0 aromatic heterocycles. The lowest BCUT2D eigenvalue weighted by atomic mass is 9.86. The maximum atomic E-state index is 13.9. The first kappa shape index (κ1) is 21.4. The van der Waals surface area contributed by atoms with Gasteiger partial charge in [-0.1, -0.05) is 12.2 Å². The number of urea groups is 1. The number of halogens is 2. The SMILES string of the molecule is C/C=C/C1C=C(F)C(F)=CC1CN1/C(NC/C(O)=C\C)=N\C(=O)N/C=C\C1C. The van der Waals surface area contributed by atoms with Gasteiger partial charge in [-0.25, -0.2) is 13.6 Å². The summed E-state index contributed by atoms with van der Waals surface area (Å²) in [5, 5.41) is 15.2. The number of hydrogen-bond donors (Lipinski definition) is 3. The van der Waals surface area contributed by atoms with Crippen molar-refractivity contribution in [2.75, 3.05) is 13.1 Å². The maximum Gasteiger partial charge on any atom is 0.348 e. The van der Waals surface area contributed by atoms with Crippen molar-refractivity contribution in [3.8, 4) is 0 Å². The zero-order chi connectivity index (χ0) is 20.7. The predicted molar refractivity (Wildman–Crippen MR) is 106 cm³/mol. The molecule has 0 aromatic rings. The molecule has 3 unspecified atom stereocenters. The molecule has 0 fully saturated rings. The molecule has 0 bridgehead atoms. The zero-order valence-electron chi connectivity index (χ0n) is 16.2. The van der Waals surface area contributed by atoms with Crippen LogP contribution < -0.4 is 10.6 Å². The molecule has 2 amide bonds. The minimum Gasteiger partial charge on any atom is -0.511 e. The molecule has 3 N–H and O–H groups in total. The van der Waals surface area contributed by atoms with Gasteiger partial charge in [0, 0.05) is 30.6 Å². The van der Waals surface area contributed by atoms with Crippen molar-refractivity contribution in [2.24, 2.45) is 16.8 Å². The van der Waals surface area contributed by atoms with E-state index in [0.29, 0.717) is 0 Å². The molecular formula is C20H26F2N4O2. The molecule has 1 aliphatic carbocycles. The fourth-order valence-corrected chi connectivity index (χ4v) is 2.99. The summed E-state index contributed by atoms with van der Waals surface area (Å²) in [6, 6.07) is -0.769. The van der Waals surface area contributed by atoms with Crippen molar-refractivity contribution in [1.82, 2.24) is 15.5 Å². The van der Waals surface area contributed by atoms with E-state index in [9.17, 15) is 18.7 Å². The van der Waals surface area contributed by atoms with Crippen molar-refractivity contribution in [2.45, 2.75) is 26.8 Å². The van der Waals surface area contributed by atoms with Gasteiger partial charge in [-0.2, -0.15) is 4.99 Å². The summed E-state index contributed by atoms with van der Waals surface area (Å²) in [6.45, 7) is 5.76. The van der Waals surface area contributed by atoms with E-state index in [1.807, 2.05) is 13.8 Å². The molecule has 0 saturated carbocycles. The Kier molecular flexibility index (Phi) is 7.54. The molecule has 2 aliphatic rings. The largest absolute Gasteiger partial charge is 0.511 e. The lowest BCUT2D eigenvalue weighted by Gasteiger charge is -2.36. The summed E-state index contributed by atoms with van der Waals surface area (Å²) in [5.74, 6) is -2.12. The van der Waals surface area contributed by atoms with Crippen LogP contribution in [0, 0.1) is 11.8 Å².